The molecule has 0 aliphatic carbocycles. The topological polar surface area (TPSA) is 83.5 Å². The number of methoxy groups -OCH3 is 1. The van der Waals surface area contributed by atoms with E-state index >= 15 is 0 Å². The summed E-state index contributed by atoms with van der Waals surface area (Å²) in [7, 11) is 1.59. The maximum Gasteiger partial charge on any atom is 0.255 e. The Morgan fingerprint density at radius 3 is 2.50 bits per heavy atom. The van der Waals surface area contributed by atoms with Gasteiger partial charge in [0.05, 0.1) is 24.4 Å². The number of rotatable bonds is 8. The minimum Gasteiger partial charge on any atom is -0.497 e. The largest absolute Gasteiger partial charge is 0.497 e. The number of amides is 1. The number of ether oxygens (including phenoxy) is 1. The molecule has 0 spiro atoms. The number of aliphatic hydroxyl groups excluding tert-OH is 1. The van der Waals surface area contributed by atoms with Crippen molar-refractivity contribution < 1.29 is 14.6 Å². The molecule has 0 saturated heterocycles. The van der Waals surface area contributed by atoms with Gasteiger partial charge >= 0.3 is 0 Å². The van der Waals surface area contributed by atoms with Gasteiger partial charge in [-0.3, -0.25) is 4.79 Å². The molecule has 0 fully saturated rings. The van der Waals surface area contributed by atoms with E-state index in [2.05, 4.69) is 15.6 Å². The van der Waals surface area contributed by atoms with E-state index in [1.54, 1.807) is 30.6 Å². The van der Waals surface area contributed by atoms with Gasteiger partial charge in [0.1, 0.15) is 5.75 Å². The van der Waals surface area contributed by atoms with Crippen molar-refractivity contribution in [3.8, 4) is 17.0 Å². The molecule has 2 aromatic carbocycles. The van der Waals surface area contributed by atoms with Gasteiger partial charge in [-0.2, -0.15) is 0 Å². The number of aromatic nitrogens is 1. The molecule has 0 atom stereocenters. The quantitative estimate of drug-likeness (QED) is 0.462. The lowest BCUT2D eigenvalue weighted by molar-refractivity contribution is 0.102. The standard InChI is InChI=1S/C21H23N3O3S.C2H6/c1-14-23-20(13-28-14)15-3-5-17(6-4-15)24-21(26)19-8-7-18(27-2)11-16(19)12-22-9-10-25;1-2/h3-8,11,13,22,25H,9-10,12H2,1-2H3,(H,24,26);1-2H3. The molecule has 0 aliphatic heterocycles. The lowest BCUT2D eigenvalue weighted by Crippen LogP contribution is -2.21. The molecule has 1 heterocycles. The van der Waals surface area contributed by atoms with Gasteiger partial charge < -0.3 is 20.5 Å². The molecule has 1 aromatic heterocycles. The highest BCUT2D eigenvalue weighted by atomic mass is 32.1. The van der Waals surface area contributed by atoms with Crippen molar-refractivity contribution in [2.45, 2.75) is 27.3 Å². The summed E-state index contributed by atoms with van der Waals surface area (Å²) in [6.07, 6.45) is 0. The number of nitrogens with one attached hydrogen (secondary N) is 2. The Labute approximate surface area is 181 Å². The Kier molecular flexibility index (Phi) is 9.47. The molecule has 0 unspecified atom stereocenters. The third-order valence-electron chi connectivity index (χ3n) is 4.22. The van der Waals surface area contributed by atoms with Crippen molar-refractivity contribution >= 4 is 22.9 Å². The molecular formula is C23H29N3O3S. The van der Waals surface area contributed by atoms with Crippen LogP contribution in [0.4, 0.5) is 5.69 Å². The third-order valence-corrected chi connectivity index (χ3v) is 4.99. The van der Waals surface area contributed by atoms with E-state index in [1.807, 2.05) is 56.5 Å². The number of anilines is 1. The van der Waals surface area contributed by atoms with Crippen LogP contribution in [0.1, 0.15) is 34.8 Å². The fourth-order valence-corrected chi connectivity index (χ4v) is 3.41. The first-order chi connectivity index (χ1) is 14.6. The summed E-state index contributed by atoms with van der Waals surface area (Å²) in [5, 5.41) is 18.0. The Hall–Kier alpha value is -2.74. The number of nitrogens with zero attached hydrogens (tertiary/aromatic N) is 1. The van der Waals surface area contributed by atoms with Crippen LogP contribution in [0.3, 0.4) is 0 Å². The number of aliphatic hydroxyl groups is 1. The minimum absolute atomic E-state index is 0.0381. The molecule has 0 saturated carbocycles. The normalized spacial score (nSPS) is 10.2. The first-order valence-electron chi connectivity index (χ1n) is 9.93. The fourth-order valence-electron chi connectivity index (χ4n) is 2.79. The van der Waals surface area contributed by atoms with Gasteiger partial charge in [0.15, 0.2) is 0 Å². The van der Waals surface area contributed by atoms with Crippen LogP contribution in [0.5, 0.6) is 5.75 Å². The van der Waals surface area contributed by atoms with Crippen LogP contribution in [0.15, 0.2) is 47.8 Å². The summed E-state index contributed by atoms with van der Waals surface area (Å²) in [5.41, 5.74) is 4.03. The molecule has 0 aliphatic rings. The van der Waals surface area contributed by atoms with Gasteiger partial charge in [-0.1, -0.05) is 26.0 Å². The zero-order chi connectivity index (χ0) is 21.9. The summed E-state index contributed by atoms with van der Waals surface area (Å²) in [6, 6.07) is 13.0. The van der Waals surface area contributed by atoms with E-state index in [4.69, 9.17) is 9.84 Å². The lowest BCUT2D eigenvalue weighted by Gasteiger charge is -2.13. The monoisotopic (exact) mass is 427 g/mol. The Bertz CT molecular complexity index is 939. The molecule has 0 bridgehead atoms. The molecule has 0 radical (unpaired) electrons. The van der Waals surface area contributed by atoms with Crippen molar-refractivity contribution in [1.82, 2.24) is 10.3 Å². The van der Waals surface area contributed by atoms with Crippen LogP contribution in [0.2, 0.25) is 0 Å². The van der Waals surface area contributed by atoms with Crippen molar-refractivity contribution in [3.63, 3.8) is 0 Å². The Morgan fingerprint density at radius 1 is 1.17 bits per heavy atom. The molecule has 160 valence electrons. The fraction of sp³-hybridized carbons (Fsp3) is 0.304. The summed E-state index contributed by atoms with van der Waals surface area (Å²) in [5.74, 6) is 0.487. The number of thiazole rings is 1. The molecular weight excluding hydrogens is 398 g/mol. The van der Waals surface area contributed by atoms with E-state index in [0.29, 0.717) is 30.1 Å². The second-order valence-corrected chi connectivity index (χ2v) is 7.27. The van der Waals surface area contributed by atoms with Crippen LogP contribution in [-0.2, 0) is 6.54 Å². The summed E-state index contributed by atoms with van der Waals surface area (Å²) in [6.45, 7) is 6.93. The van der Waals surface area contributed by atoms with E-state index in [1.165, 1.54) is 0 Å². The number of benzene rings is 2. The van der Waals surface area contributed by atoms with Gasteiger partial charge in [0, 0.05) is 35.3 Å². The number of hydrogen-bond acceptors (Lipinski definition) is 6. The molecule has 3 N–H and O–H groups in total. The molecule has 7 heteroatoms. The van der Waals surface area contributed by atoms with Crippen LogP contribution in [0, 0.1) is 6.92 Å². The zero-order valence-electron chi connectivity index (χ0n) is 17.9. The predicted octanol–water partition coefficient (Wildman–Crippen LogP) is 4.49. The smallest absolute Gasteiger partial charge is 0.255 e. The SMILES string of the molecule is CC.COc1ccc(C(=O)Nc2ccc(-c3csc(C)n3)cc2)c(CNCCO)c1. The van der Waals surface area contributed by atoms with E-state index in [9.17, 15) is 4.79 Å². The van der Waals surface area contributed by atoms with Gasteiger partial charge in [0.25, 0.3) is 5.91 Å². The Balaban J connectivity index is 0.00000155. The van der Waals surface area contributed by atoms with Crippen molar-refractivity contribution in [2.75, 3.05) is 25.6 Å². The van der Waals surface area contributed by atoms with Gasteiger partial charge in [0.2, 0.25) is 0 Å². The minimum atomic E-state index is -0.194. The van der Waals surface area contributed by atoms with Crippen LogP contribution < -0.4 is 15.4 Å². The number of aryl methyl sites for hydroxylation is 1. The maximum absolute atomic E-state index is 12.8. The number of carbonyl (C=O) groups excluding carboxylic acids is 1. The second kappa shape index (κ2) is 12.1. The number of carbonyl (C=O) groups is 1. The zero-order valence-corrected chi connectivity index (χ0v) is 18.7. The van der Waals surface area contributed by atoms with Gasteiger partial charge in [-0.15, -0.1) is 11.3 Å². The Morgan fingerprint density at radius 2 is 1.90 bits per heavy atom. The summed E-state index contributed by atoms with van der Waals surface area (Å²) in [4.78, 5) is 17.3. The second-order valence-electron chi connectivity index (χ2n) is 6.21. The lowest BCUT2D eigenvalue weighted by atomic mass is 10.1. The van der Waals surface area contributed by atoms with Gasteiger partial charge in [-0.05, 0) is 42.8 Å². The van der Waals surface area contributed by atoms with Crippen molar-refractivity contribution in [2.24, 2.45) is 0 Å². The predicted molar refractivity (Wildman–Crippen MR) is 123 cm³/mol. The number of hydrogen-bond donors (Lipinski definition) is 3. The highest BCUT2D eigenvalue weighted by molar-refractivity contribution is 7.09. The average Bonchev–Trinajstić information content (AvgIpc) is 3.22. The first kappa shape index (κ1) is 23.5. The molecule has 6 nitrogen and oxygen atoms in total. The third kappa shape index (κ3) is 6.38. The summed E-state index contributed by atoms with van der Waals surface area (Å²) >= 11 is 1.61. The highest BCUT2D eigenvalue weighted by Crippen LogP contribution is 2.24. The van der Waals surface area contributed by atoms with Crippen LogP contribution in [-0.4, -0.2) is 36.3 Å². The van der Waals surface area contributed by atoms with Crippen LogP contribution in [0.25, 0.3) is 11.3 Å². The molecule has 1 amide bonds. The van der Waals surface area contributed by atoms with Crippen molar-refractivity contribution in [1.29, 1.82) is 0 Å². The highest BCUT2D eigenvalue weighted by Gasteiger charge is 2.13. The van der Waals surface area contributed by atoms with E-state index < -0.39 is 0 Å². The van der Waals surface area contributed by atoms with E-state index in [-0.39, 0.29) is 12.5 Å². The maximum atomic E-state index is 12.8. The molecule has 30 heavy (non-hydrogen) atoms. The average molecular weight is 428 g/mol. The first-order valence-corrected chi connectivity index (χ1v) is 10.8. The summed E-state index contributed by atoms with van der Waals surface area (Å²) < 4.78 is 5.26. The molecule has 3 rings (SSSR count). The van der Waals surface area contributed by atoms with Crippen molar-refractivity contribution in [3.05, 3.63) is 64.0 Å². The van der Waals surface area contributed by atoms with E-state index in [0.717, 1.165) is 21.8 Å². The van der Waals surface area contributed by atoms with Gasteiger partial charge in [-0.25, -0.2) is 4.98 Å². The van der Waals surface area contributed by atoms with Crippen LogP contribution >= 0.6 is 11.3 Å². The molecule has 3 aromatic rings.